The fraction of sp³-hybridized carbons (Fsp3) is 0.750. The minimum atomic E-state index is -0.853. The van der Waals surface area contributed by atoms with Crippen molar-refractivity contribution in [1.29, 1.82) is 0 Å². The molecule has 0 bridgehead atoms. The van der Waals surface area contributed by atoms with Crippen molar-refractivity contribution in [3.8, 4) is 0 Å². The van der Waals surface area contributed by atoms with Crippen molar-refractivity contribution in [2.24, 2.45) is 11.8 Å². The van der Waals surface area contributed by atoms with Gasteiger partial charge in [-0.15, -0.1) is 0 Å². The van der Waals surface area contributed by atoms with E-state index in [0.29, 0.717) is 18.2 Å². The summed E-state index contributed by atoms with van der Waals surface area (Å²) in [5.74, 6) is 0.0709. The number of carbonyl (C=O) groups is 2. The van der Waals surface area contributed by atoms with Gasteiger partial charge in [0.1, 0.15) is 0 Å². The summed E-state index contributed by atoms with van der Waals surface area (Å²) in [6.07, 6.45) is 1.64. The number of carboxylic acid groups (broad SMARTS) is 1. The maximum atomic E-state index is 10.4. The number of rotatable bonds is 5. The van der Waals surface area contributed by atoms with Crippen LogP contribution in [0.25, 0.3) is 0 Å². The summed E-state index contributed by atoms with van der Waals surface area (Å²) < 4.78 is 0. The van der Waals surface area contributed by atoms with Gasteiger partial charge in [0.15, 0.2) is 0 Å². The highest BCUT2D eigenvalue weighted by molar-refractivity contribution is 5.68. The molecule has 0 aromatic rings. The first-order chi connectivity index (χ1) is 5.65. The molecule has 4 nitrogen and oxygen atoms in total. The number of carboxylic acids is 1. The molecule has 0 spiro atoms. The van der Waals surface area contributed by atoms with Gasteiger partial charge in [-0.25, -0.2) is 0 Å². The second kappa shape index (κ2) is 3.56. The van der Waals surface area contributed by atoms with Gasteiger partial charge in [0.05, 0.1) is 6.42 Å². The summed E-state index contributed by atoms with van der Waals surface area (Å²) in [5.41, 5.74) is 0. The van der Waals surface area contributed by atoms with Gasteiger partial charge < -0.3 is 10.4 Å². The third-order valence-electron chi connectivity index (χ3n) is 2.37. The Labute approximate surface area is 71.0 Å². The maximum Gasteiger partial charge on any atom is 0.305 e. The molecule has 12 heavy (non-hydrogen) atoms. The van der Waals surface area contributed by atoms with Crippen molar-refractivity contribution in [3.05, 3.63) is 0 Å². The van der Waals surface area contributed by atoms with Crippen molar-refractivity contribution in [2.75, 3.05) is 0 Å². The highest BCUT2D eigenvalue weighted by Crippen LogP contribution is 2.41. The Balaban J connectivity index is 2.38. The number of hydrogen-bond donors (Lipinski definition) is 2. The SMILES string of the molecule is CC1CC1C(CC(=O)O)NC=O. The average molecular weight is 171 g/mol. The van der Waals surface area contributed by atoms with Gasteiger partial charge >= 0.3 is 5.97 Å². The molecule has 2 N–H and O–H groups in total. The highest BCUT2D eigenvalue weighted by Gasteiger charge is 2.40. The maximum absolute atomic E-state index is 10.4. The van der Waals surface area contributed by atoms with E-state index in [4.69, 9.17) is 5.11 Å². The molecule has 3 unspecified atom stereocenters. The van der Waals surface area contributed by atoms with E-state index in [-0.39, 0.29) is 12.5 Å². The van der Waals surface area contributed by atoms with Crippen LogP contribution >= 0.6 is 0 Å². The molecule has 1 rings (SSSR count). The molecule has 1 aliphatic carbocycles. The summed E-state index contributed by atoms with van der Waals surface area (Å²) >= 11 is 0. The van der Waals surface area contributed by atoms with Crippen molar-refractivity contribution in [2.45, 2.75) is 25.8 Å². The summed E-state index contributed by atoms with van der Waals surface area (Å²) in [4.78, 5) is 20.5. The topological polar surface area (TPSA) is 66.4 Å². The minimum absolute atomic E-state index is 0.0355. The zero-order valence-corrected chi connectivity index (χ0v) is 6.99. The van der Waals surface area contributed by atoms with Gasteiger partial charge in [0.2, 0.25) is 6.41 Å². The number of amides is 1. The number of aliphatic carboxylic acids is 1. The zero-order valence-electron chi connectivity index (χ0n) is 6.99. The average Bonchev–Trinajstić information content (AvgIpc) is 2.65. The van der Waals surface area contributed by atoms with E-state index >= 15 is 0 Å². The van der Waals surface area contributed by atoms with E-state index in [1.807, 2.05) is 0 Å². The van der Waals surface area contributed by atoms with Gasteiger partial charge in [-0.05, 0) is 18.3 Å². The van der Waals surface area contributed by atoms with Crippen LogP contribution in [0.3, 0.4) is 0 Å². The third-order valence-corrected chi connectivity index (χ3v) is 2.37. The van der Waals surface area contributed by atoms with Crippen LogP contribution in [-0.4, -0.2) is 23.5 Å². The van der Waals surface area contributed by atoms with Crippen LogP contribution in [-0.2, 0) is 9.59 Å². The fourth-order valence-electron chi connectivity index (χ4n) is 1.52. The Morgan fingerprint density at radius 1 is 1.83 bits per heavy atom. The summed E-state index contributed by atoms with van der Waals surface area (Å²) in [5, 5.41) is 11.1. The van der Waals surface area contributed by atoms with Gasteiger partial charge in [0.25, 0.3) is 0 Å². The minimum Gasteiger partial charge on any atom is -0.481 e. The normalized spacial score (nSPS) is 29.1. The molecule has 0 saturated heterocycles. The number of carbonyl (C=O) groups excluding carboxylic acids is 1. The van der Waals surface area contributed by atoms with Crippen LogP contribution in [0.2, 0.25) is 0 Å². The van der Waals surface area contributed by atoms with Gasteiger partial charge in [-0.1, -0.05) is 6.92 Å². The molecule has 0 aromatic heterocycles. The van der Waals surface area contributed by atoms with Crippen LogP contribution in [0, 0.1) is 11.8 Å². The lowest BCUT2D eigenvalue weighted by Gasteiger charge is -2.12. The lowest BCUT2D eigenvalue weighted by Crippen LogP contribution is -2.32. The second-order valence-corrected chi connectivity index (χ2v) is 3.37. The molecule has 68 valence electrons. The molecule has 0 radical (unpaired) electrons. The van der Waals surface area contributed by atoms with Crippen LogP contribution in [0.1, 0.15) is 19.8 Å². The molecular weight excluding hydrogens is 158 g/mol. The Morgan fingerprint density at radius 2 is 2.42 bits per heavy atom. The summed E-state index contributed by atoms with van der Waals surface area (Å²) in [6.45, 7) is 2.06. The third kappa shape index (κ3) is 2.22. The van der Waals surface area contributed by atoms with Gasteiger partial charge in [0, 0.05) is 6.04 Å². The van der Waals surface area contributed by atoms with Crippen LogP contribution in [0.4, 0.5) is 0 Å². The Kier molecular flexibility index (Phi) is 2.68. The van der Waals surface area contributed by atoms with Crippen LogP contribution < -0.4 is 5.32 Å². The number of nitrogens with one attached hydrogen (secondary N) is 1. The molecule has 3 atom stereocenters. The summed E-state index contributed by atoms with van der Waals surface area (Å²) in [7, 11) is 0. The Morgan fingerprint density at radius 3 is 2.75 bits per heavy atom. The van der Waals surface area contributed by atoms with E-state index in [1.165, 1.54) is 0 Å². The van der Waals surface area contributed by atoms with E-state index in [1.54, 1.807) is 0 Å². The van der Waals surface area contributed by atoms with E-state index in [9.17, 15) is 9.59 Å². The smallest absolute Gasteiger partial charge is 0.305 e. The molecule has 0 heterocycles. The lowest BCUT2D eigenvalue weighted by atomic mass is 10.1. The molecular formula is C8H13NO3. The highest BCUT2D eigenvalue weighted by atomic mass is 16.4. The van der Waals surface area contributed by atoms with Gasteiger partial charge in [-0.2, -0.15) is 0 Å². The standard InChI is InChI=1S/C8H13NO3/c1-5-2-6(5)7(9-4-10)3-8(11)12/h4-7H,2-3H2,1H3,(H,9,10)(H,11,12). The molecule has 4 heteroatoms. The number of hydrogen-bond acceptors (Lipinski definition) is 2. The lowest BCUT2D eigenvalue weighted by molar-refractivity contribution is -0.137. The van der Waals surface area contributed by atoms with Crippen LogP contribution in [0.15, 0.2) is 0 Å². The van der Waals surface area contributed by atoms with Crippen molar-refractivity contribution < 1.29 is 14.7 Å². The molecule has 1 saturated carbocycles. The molecule has 0 aliphatic heterocycles. The summed E-state index contributed by atoms with van der Waals surface area (Å²) in [6, 6.07) is -0.171. The van der Waals surface area contributed by atoms with Crippen molar-refractivity contribution in [3.63, 3.8) is 0 Å². The van der Waals surface area contributed by atoms with Crippen molar-refractivity contribution in [1.82, 2.24) is 5.32 Å². The molecule has 1 aliphatic rings. The zero-order chi connectivity index (χ0) is 9.14. The Hall–Kier alpha value is -1.06. The first-order valence-corrected chi connectivity index (χ1v) is 4.06. The molecule has 0 aromatic carbocycles. The van der Waals surface area contributed by atoms with Crippen molar-refractivity contribution >= 4 is 12.4 Å². The predicted octanol–water partition coefficient (Wildman–Crippen LogP) is 0.232. The quantitative estimate of drug-likeness (QED) is 0.582. The van der Waals surface area contributed by atoms with E-state index in [0.717, 1.165) is 6.42 Å². The first-order valence-electron chi connectivity index (χ1n) is 4.06. The monoisotopic (exact) mass is 171 g/mol. The fourth-order valence-corrected chi connectivity index (χ4v) is 1.52. The molecule has 1 amide bonds. The van der Waals surface area contributed by atoms with E-state index < -0.39 is 5.97 Å². The van der Waals surface area contributed by atoms with Gasteiger partial charge in [-0.3, -0.25) is 9.59 Å². The predicted molar refractivity (Wildman–Crippen MR) is 42.5 cm³/mol. The first kappa shape index (κ1) is 9.03. The second-order valence-electron chi connectivity index (χ2n) is 3.37. The largest absolute Gasteiger partial charge is 0.481 e. The van der Waals surface area contributed by atoms with Crippen LogP contribution in [0.5, 0.6) is 0 Å². The molecule has 1 fully saturated rings. The Bertz CT molecular complexity index is 193. The van der Waals surface area contributed by atoms with E-state index in [2.05, 4.69) is 12.2 Å².